The van der Waals surface area contributed by atoms with Crippen molar-refractivity contribution in [1.82, 2.24) is 10.6 Å². The van der Waals surface area contributed by atoms with Gasteiger partial charge in [0.15, 0.2) is 0 Å². The number of amides is 2. The van der Waals surface area contributed by atoms with Crippen molar-refractivity contribution in [1.29, 1.82) is 0 Å². The van der Waals surface area contributed by atoms with Crippen LogP contribution in [0.15, 0.2) is 0 Å². The van der Waals surface area contributed by atoms with E-state index < -0.39 is 0 Å². The van der Waals surface area contributed by atoms with Crippen molar-refractivity contribution in [2.45, 2.75) is 25.4 Å². The van der Waals surface area contributed by atoms with Gasteiger partial charge in [-0.05, 0) is 6.42 Å². The summed E-state index contributed by atoms with van der Waals surface area (Å²) in [7, 11) is 0. The first-order valence-electron chi connectivity index (χ1n) is 3.45. The van der Waals surface area contributed by atoms with Crippen LogP contribution in [0.25, 0.3) is 0 Å². The molecule has 58 valence electrons. The van der Waals surface area contributed by atoms with Crippen molar-refractivity contribution in [2.75, 3.05) is 6.61 Å². The molecule has 1 heterocycles. The quantitative estimate of drug-likeness (QED) is 0.486. The highest BCUT2D eigenvalue weighted by Crippen LogP contribution is 2.03. The molecule has 0 aromatic heterocycles. The normalized spacial score (nSPS) is 31.6. The van der Waals surface area contributed by atoms with E-state index in [4.69, 9.17) is 5.11 Å². The minimum absolute atomic E-state index is 0.0112. The fourth-order valence-electron chi connectivity index (χ4n) is 1.14. The highest BCUT2D eigenvalue weighted by molar-refractivity contribution is 5.77. The second-order valence-electron chi connectivity index (χ2n) is 2.42. The van der Waals surface area contributed by atoms with E-state index in [0.717, 1.165) is 6.42 Å². The molecule has 2 amide bonds. The van der Waals surface area contributed by atoms with Gasteiger partial charge in [-0.3, -0.25) is 0 Å². The molecule has 0 aliphatic carbocycles. The van der Waals surface area contributed by atoms with Crippen LogP contribution in [0.1, 0.15) is 13.3 Å². The summed E-state index contributed by atoms with van der Waals surface area (Å²) in [4.78, 5) is 10.6. The van der Waals surface area contributed by atoms with Crippen LogP contribution < -0.4 is 10.6 Å². The Balaban J connectivity index is 2.48. The zero-order chi connectivity index (χ0) is 7.56. The summed E-state index contributed by atoms with van der Waals surface area (Å²) in [5, 5.41) is 14.0. The summed E-state index contributed by atoms with van der Waals surface area (Å²) in [6, 6.07) is -0.180. The Bertz CT molecular complexity index is 124. The monoisotopic (exact) mass is 144 g/mol. The average molecular weight is 144 g/mol. The van der Waals surface area contributed by atoms with E-state index in [1.54, 1.807) is 0 Å². The maximum Gasteiger partial charge on any atom is 0.315 e. The van der Waals surface area contributed by atoms with Gasteiger partial charge in [0.25, 0.3) is 0 Å². The zero-order valence-corrected chi connectivity index (χ0v) is 5.92. The average Bonchev–Trinajstić information content (AvgIpc) is 2.30. The van der Waals surface area contributed by atoms with Crippen molar-refractivity contribution in [3.8, 4) is 0 Å². The van der Waals surface area contributed by atoms with Gasteiger partial charge in [-0.15, -0.1) is 0 Å². The molecule has 0 spiro atoms. The van der Waals surface area contributed by atoms with E-state index in [1.165, 1.54) is 0 Å². The Kier molecular flexibility index (Phi) is 2.11. The molecule has 0 bridgehead atoms. The molecule has 0 aromatic rings. The van der Waals surface area contributed by atoms with Crippen molar-refractivity contribution in [3.63, 3.8) is 0 Å². The number of aliphatic hydroxyl groups excluding tert-OH is 1. The Morgan fingerprint density at radius 1 is 1.50 bits per heavy atom. The number of nitrogens with one attached hydrogen (secondary N) is 2. The van der Waals surface area contributed by atoms with Gasteiger partial charge in [-0.25, -0.2) is 4.79 Å². The van der Waals surface area contributed by atoms with Crippen molar-refractivity contribution in [3.05, 3.63) is 0 Å². The molecule has 4 heteroatoms. The van der Waals surface area contributed by atoms with Crippen LogP contribution in [0.3, 0.4) is 0 Å². The molecule has 1 saturated heterocycles. The lowest BCUT2D eigenvalue weighted by Crippen LogP contribution is -2.35. The zero-order valence-electron chi connectivity index (χ0n) is 5.92. The van der Waals surface area contributed by atoms with E-state index in [1.807, 2.05) is 6.92 Å². The minimum Gasteiger partial charge on any atom is -0.394 e. The number of rotatable bonds is 2. The van der Waals surface area contributed by atoms with Gasteiger partial charge >= 0.3 is 6.03 Å². The van der Waals surface area contributed by atoms with Gasteiger partial charge in [0.1, 0.15) is 0 Å². The van der Waals surface area contributed by atoms with Crippen molar-refractivity contribution < 1.29 is 9.90 Å². The summed E-state index contributed by atoms with van der Waals surface area (Å²) in [6.07, 6.45) is 0.851. The van der Waals surface area contributed by atoms with E-state index in [2.05, 4.69) is 10.6 Å². The predicted octanol–water partition coefficient (Wildman–Crippen LogP) is -0.561. The van der Waals surface area contributed by atoms with Gasteiger partial charge < -0.3 is 15.7 Å². The number of carbonyl (C=O) groups is 1. The molecule has 0 saturated carbocycles. The van der Waals surface area contributed by atoms with E-state index in [9.17, 15) is 4.79 Å². The molecule has 2 unspecified atom stereocenters. The van der Waals surface area contributed by atoms with Gasteiger partial charge in [0.2, 0.25) is 0 Å². The third kappa shape index (κ3) is 1.21. The van der Waals surface area contributed by atoms with Crippen LogP contribution in [0, 0.1) is 0 Å². The lowest BCUT2D eigenvalue weighted by atomic mass is 10.1. The smallest absolute Gasteiger partial charge is 0.315 e. The highest BCUT2D eigenvalue weighted by atomic mass is 16.3. The Morgan fingerprint density at radius 2 is 2.10 bits per heavy atom. The number of hydrogen-bond donors (Lipinski definition) is 3. The highest BCUT2D eigenvalue weighted by Gasteiger charge is 2.28. The fraction of sp³-hybridized carbons (Fsp3) is 0.833. The van der Waals surface area contributed by atoms with Gasteiger partial charge in [-0.1, -0.05) is 6.92 Å². The van der Waals surface area contributed by atoms with Gasteiger partial charge in [0, 0.05) is 0 Å². The topological polar surface area (TPSA) is 61.4 Å². The molecule has 4 nitrogen and oxygen atoms in total. The molecule has 1 rings (SSSR count). The van der Waals surface area contributed by atoms with Crippen LogP contribution in [-0.4, -0.2) is 29.8 Å². The Morgan fingerprint density at radius 3 is 2.50 bits per heavy atom. The number of aliphatic hydroxyl groups is 1. The summed E-state index contributed by atoms with van der Waals surface area (Å²) in [6.45, 7) is 1.98. The molecular weight excluding hydrogens is 132 g/mol. The van der Waals surface area contributed by atoms with Crippen LogP contribution in [0.4, 0.5) is 4.79 Å². The predicted molar refractivity (Wildman–Crippen MR) is 36.6 cm³/mol. The third-order valence-electron chi connectivity index (χ3n) is 1.76. The van der Waals surface area contributed by atoms with E-state index >= 15 is 0 Å². The Labute approximate surface area is 59.6 Å². The lowest BCUT2D eigenvalue weighted by Gasteiger charge is -2.12. The summed E-state index contributed by atoms with van der Waals surface area (Å²) < 4.78 is 0. The second-order valence-corrected chi connectivity index (χ2v) is 2.42. The van der Waals surface area contributed by atoms with Gasteiger partial charge in [0.05, 0.1) is 18.7 Å². The van der Waals surface area contributed by atoms with Crippen LogP contribution >= 0.6 is 0 Å². The third-order valence-corrected chi connectivity index (χ3v) is 1.76. The maximum atomic E-state index is 10.6. The van der Waals surface area contributed by atoms with Crippen molar-refractivity contribution >= 4 is 6.03 Å². The van der Waals surface area contributed by atoms with E-state index in [0.29, 0.717) is 0 Å². The first-order valence-corrected chi connectivity index (χ1v) is 3.45. The molecule has 10 heavy (non-hydrogen) atoms. The molecular formula is C6H12N2O2. The minimum atomic E-state index is -0.175. The number of carbonyl (C=O) groups excluding carboxylic acids is 1. The van der Waals surface area contributed by atoms with Crippen molar-refractivity contribution in [2.24, 2.45) is 0 Å². The lowest BCUT2D eigenvalue weighted by molar-refractivity contribution is 0.234. The number of hydrogen-bond acceptors (Lipinski definition) is 2. The standard InChI is InChI=1S/C6H12N2O2/c1-2-4-5(3-9)8-6(10)7-4/h4-5,9H,2-3H2,1H3,(H2,7,8,10). The molecule has 0 radical (unpaired) electrons. The van der Waals surface area contributed by atoms with Crippen LogP contribution in [-0.2, 0) is 0 Å². The molecule has 1 fully saturated rings. The Hall–Kier alpha value is -0.770. The largest absolute Gasteiger partial charge is 0.394 e. The molecule has 3 N–H and O–H groups in total. The molecule has 1 aliphatic heterocycles. The van der Waals surface area contributed by atoms with Gasteiger partial charge in [-0.2, -0.15) is 0 Å². The maximum absolute atomic E-state index is 10.6. The molecule has 2 atom stereocenters. The summed E-state index contributed by atoms with van der Waals surface area (Å²) in [5.74, 6) is 0. The molecule has 0 aromatic carbocycles. The summed E-state index contributed by atoms with van der Waals surface area (Å²) in [5.41, 5.74) is 0. The molecule has 1 aliphatic rings. The first-order chi connectivity index (χ1) is 4.77. The first kappa shape index (κ1) is 7.34. The van der Waals surface area contributed by atoms with E-state index in [-0.39, 0.29) is 24.7 Å². The number of urea groups is 1. The fourth-order valence-corrected chi connectivity index (χ4v) is 1.14. The summed E-state index contributed by atoms with van der Waals surface area (Å²) >= 11 is 0. The SMILES string of the molecule is CCC1NC(=O)NC1CO. The van der Waals surface area contributed by atoms with Crippen LogP contribution in [0.2, 0.25) is 0 Å². The van der Waals surface area contributed by atoms with Crippen LogP contribution in [0.5, 0.6) is 0 Å². The second kappa shape index (κ2) is 2.88.